The van der Waals surface area contributed by atoms with Gasteiger partial charge in [0.25, 0.3) is 0 Å². The lowest BCUT2D eigenvalue weighted by Crippen LogP contribution is -2.52. The fourth-order valence-electron chi connectivity index (χ4n) is 4.41. The lowest BCUT2D eigenvalue weighted by Gasteiger charge is -2.45. The fraction of sp³-hybridized carbons (Fsp3) is 0.478. The van der Waals surface area contributed by atoms with Crippen molar-refractivity contribution in [2.24, 2.45) is 0 Å². The van der Waals surface area contributed by atoms with Gasteiger partial charge in [-0.05, 0) is 45.7 Å². The third-order valence-corrected chi connectivity index (χ3v) is 6.73. The quantitative estimate of drug-likeness (QED) is 0.596. The van der Waals surface area contributed by atoms with Gasteiger partial charge in [-0.1, -0.05) is 18.2 Å². The molecule has 0 bridgehead atoms. The van der Waals surface area contributed by atoms with E-state index >= 15 is 0 Å². The molecule has 2 aromatic rings. The van der Waals surface area contributed by atoms with Gasteiger partial charge in [-0.2, -0.15) is 0 Å². The number of amides is 3. The van der Waals surface area contributed by atoms with Gasteiger partial charge in [-0.25, -0.2) is 28.0 Å². The summed E-state index contributed by atoms with van der Waals surface area (Å²) in [6, 6.07) is 6.67. The number of urea groups is 1. The Bertz CT molecular complexity index is 1260. The number of hydrogen-bond acceptors (Lipinski definition) is 7. The zero-order chi connectivity index (χ0) is 25.0. The highest BCUT2D eigenvalue weighted by molar-refractivity contribution is 7.90. The van der Waals surface area contributed by atoms with Gasteiger partial charge < -0.3 is 9.64 Å². The molecular formula is C23H29N5O5S. The Morgan fingerprint density at radius 3 is 2.53 bits per heavy atom. The number of nitrogens with zero attached hydrogens (tertiary/aromatic N) is 5. The summed E-state index contributed by atoms with van der Waals surface area (Å²) in [5.74, 6) is 0.282. The topological polar surface area (TPSA) is 113 Å². The fourth-order valence-corrected chi connectivity index (χ4v) is 4.90. The molecule has 34 heavy (non-hydrogen) atoms. The maximum atomic E-state index is 13.4. The molecule has 2 atom stereocenters. The predicted molar refractivity (Wildman–Crippen MR) is 126 cm³/mol. The Morgan fingerprint density at radius 1 is 1.21 bits per heavy atom. The van der Waals surface area contributed by atoms with Gasteiger partial charge in [0.15, 0.2) is 0 Å². The number of carbonyl (C=O) groups is 2. The van der Waals surface area contributed by atoms with Crippen LogP contribution in [-0.2, 0) is 21.1 Å². The summed E-state index contributed by atoms with van der Waals surface area (Å²) in [6.45, 7) is 7.63. The molecule has 1 aromatic heterocycles. The molecule has 10 nitrogen and oxygen atoms in total. The maximum Gasteiger partial charge on any atom is 0.415 e. The van der Waals surface area contributed by atoms with Gasteiger partial charge in [0.05, 0.1) is 18.3 Å². The molecule has 11 heteroatoms. The second-order valence-electron chi connectivity index (χ2n) is 9.75. The summed E-state index contributed by atoms with van der Waals surface area (Å²) >= 11 is 0. The molecule has 0 saturated carbocycles. The molecule has 0 unspecified atom stereocenters. The van der Waals surface area contributed by atoms with E-state index in [-0.39, 0.29) is 35.6 Å². The van der Waals surface area contributed by atoms with E-state index in [1.807, 2.05) is 52.0 Å². The van der Waals surface area contributed by atoms with E-state index in [2.05, 4.69) is 9.97 Å². The van der Waals surface area contributed by atoms with Crippen LogP contribution in [0.5, 0.6) is 0 Å². The number of benzene rings is 1. The van der Waals surface area contributed by atoms with Crippen LogP contribution in [0.15, 0.2) is 35.6 Å². The Kier molecular flexibility index (Phi) is 5.79. The molecule has 0 saturated heterocycles. The highest BCUT2D eigenvalue weighted by Crippen LogP contribution is 2.43. The number of hydrogen-bond donors (Lipinski definition) is 0. The monoisotopic (exact) mass is 487 g/mol. The number of para-hydroxylation sites is 1. The van der Waals surface area contributed by atoms with Gasteiger partial charge in [0.1, 0.15) is 11.4 Å². The molecule has 0 N–H and O–H groups in total. The SMILES string of the molecule is C[C@H]1C[C@H](N2Cc3cnc(S(C)(=O)=O)nc3N(C)C2=O)c2ccccc2N1C(=O)OC(C)(C)C. The van der Waals surface area contributed by atoms with Crippen molar-refractivity contribution in [3.63, 3.8) is 0 Å². The Morgan fingerprint density at radius 2 is 1.88 bits per heavy atom. The minimum absolute atomic E-state index is 0.223. The number of sulfone groups is 1. The minimum atomic E-state index is -3.61. The first kappa shape index (κ1) is 23.9. The first-order valence-electron chi connectivity index (χ1n) is 11.0. The van der Waals surface area contributed by atoms with Crippen LogP contribution in [0.3, 0.4) is 0 Å². The smallest absolute Gasteiger partial charge is 0.415 e. The van der Waals surface area contributed by atoms with Gasteiger partial charge in [0, 0.05) is 31.1 Å². The molecule has 1 aromatic carbocycles. The number of ether oxygens (including phenoxy) is 1. The minimum Gasteiger partial charge on any atom is -0.443 e. The van der Waals surface area contributed by atoms with E-state index < -0.39 is 21.5 Å². The number of aromatic nitrogens is 2. The Hall–Kier alpha value is -3.21. The van der Waals surface area contributed by atoms with Gasteiger partial charge in [-0.3, -0.25) is 9.80 Å². The molecular weight excluding hydrogens is 458 g/mol. The summed E-state index contributed by atoms with van der Waals surface area (Å²) in [5, 5.41) is -0.316. The summed E-state index contributed by atoms with van der Waals surface area (Å²) < 4.78 is 29.4. The van der Waals surface area contributed by atoms with Crippen molar-refractivity contribution in [2.75, 3.05) is 23.1 Å². The first-order valence-corrected chi connectivity index (χ1v) is 12.9. The third-order valence-electron chi connectivity index (χ3n) is 5.87. The average Bonchev–Trinajstić information content (AvgIpc) is 2.73. The number of fused-ring (bicyclic) bond motifs is 2. The van der Waals surface area contributed by atoms with Gasteiger partial charge in [-0.15, -0.1) is 0 Å². The summed E-state index contributed by atoms with van der Waals surface area (Å²) in [7, 11) is -2.04. The first-order chi connectivity index (χ1) is 15.8. The molecule has 2 aliphatic rings. The van der Waals surface area contributed by atoms with E-state index in [0.29, 0.717) is 17.7 Å². The van der Waals surface area contributed by atoms with Crippen molar-refractivity contribution < 1.29 is 22.7 Å². The van der Waals surface area contributed by atoms with Crippen LogP contribution in [0.4, 0.5) is 21.1 Å². The summed E-state index contributed by atoms with van der Waals surface area (Å²) in [5.41, 5.74) is 1.55. The molecule has 182 valence electrons. The second kappa shape index (κ2) is 8.23. The molecule has 2 aliphatic heterocycles. The lowest BCUT2D eigenvalue weighted by atomic mass is 9.90. The molecule has 3 heterocycles. The summed E-state index contributed by atoms with van der Waals surface area (Å²) in [4.78, 5) is 39.3. The van der Waals surface area contributed by atoms with Crippen LogP contribution in [0.2, 0.25) is 0 Å². The van der Waals surface area contributed by atoms with Crippen LogP contribution in [0.25, 0.3) is 0 Å². The van der Waals surface area contributed by atoms with E-state index in [1.54, 1.807) is 16.8 Å². The van der Waals surface area contributed by atoms with Crippen molar-refractivity contribution >= 4 is 33.5 Å². The molecule has 0 spiro atoms. The van der Waals surface area contributed by atoms with E-state index in [1.165, 1.54) is 11.1 Å². The van der Waals surface area contributed by atoms with Crippen LogP contribution < -0.4 is 9.80 Å². The van der Waals surface area contributed by atoms with Crippen molar-refractivity contribution in [1.29, 1.82) is 0 Å². The van der Waals surface area contributed by atoms with E-state index in [0.717, 1.165) is 11.8 Å². The maximum absolute atomic E-state index is 13.4. The van der Waals surface area contributed by atoms with Crippen LogP contribution in [0.1, 0.15) is 51.3 Å². The number of anilines is 2. The third kappa shape index (κ3) is 4.31. The largest absolute Gasteiger partial charge is 0.443 e. The zero-order valence-electron chi connectivity index (χ0n) is 20.1. The Balaban J connectivity index is 1.71. The standard InChI is InChI=1S/C23H29N5O5S/c1-14-11-18(16-9-7-8-10-17(16)28(14)22(30)33-23(2,3)4)27-13-15-12-24-20(34(6,31)32)25-19(15)26(5)21(27)29/h7-10,12,14,18H,11,13H2,1-6H3/t14-,18-/m0/s1. The molecule has 0 fully saturated rings. The molecule has 4 rings (SSSR count). The zero-order valence-corrected chi connectivity index (χ0v) is 21.0. The van der Waals surface area contributed by atoms with Gasteiger partial charge in [0.2, 0.25) is 15.0 Å². The normalized spacial score (nSPS) is 20.6. The van der Waals surface area contributed by atoms with Crippen molar-refractivity contribution in [3.05, 3.63) is 41.6 Å². The van der Waals surface area contributed by atoms with Crippen LogP contribution >= 0.6 is 0 Å². The highest BCUT2D eigenvalue weighted by atomic mass is 32.2. The number of carbonyl (C=O) groups excluding carboxylic acids is 2. The van der Waals surface area contributed by atoms with Crippen molar-refractivity contribution in [1.82, 2.24) is 14.9 Å². The van der Waals surface area contributed by atoms with E-state index in [4.69, 9.17) is 4.74 Å². The predicted octanol–water partition coefficient (Wildman–Crippen LogP) is 3.53. The van der Waals surface area contributed by atoms with Gasteiger partial charge >= 0.3 is 12.1 Å². The number of rotatable bonds is 2. The average molecular weight is 488 g/mol. The highest BCUT2D eigenvalue weighted by Gasteiger charge is 2.42. The van der Waals surface area contributed by atoms with E-state index in [9.17, 15) is 18.0 Å². The molecule has 0 radical (unpaired) electrons. The molecule has 3 amide bonds. The van der Waals surface area contributed by atoms with Crippen LogP contribution in [-0.4, -0.2) is 60.4 Å². The summed E-state index contributed by atoms with van der Waals surface area (Å²) in [6.07, 6.45) is 2.57. The van der Waals surface area contributed by atoms with Crippen LogP contribution in [0, 0.1) is 0 Å². The van der Waals surface area contributed by atoms with Crippen molar-refractivity contribution in [2.45, 2.75) is 63.5 Å². The second-order valence-corrected chi connectivity index (χ2v) is 11.7. The lowest BCUT2D eigenvalue weighted by molar-refractivity contribution is 0.0554. The van der Waals surface area contributed by atoms with Crippen molar-refractivity contribution in [3.8, 4) is 0 Å². The Labute approximate surface area is 199 Å². The molecule has 0 aliphatic carbocycles.